The molecular formula is C9H14Cl2N2O. The maximum atomic E-state index is 5.93. The topological polar surface area (TPSA) is 47.3 Å². The second kappa shape index (κ2) is 5.96. The zero-order chi connectivity index (χ0) is 9.84. The van der Waals surface area contributed by atoms with Crippen molar-refractivity contribution < 1.29 is 4.74 Å². The van der Waals surface area contributed by atoms with E-state index in [4.69, 9.17) is 22.2 Å². The summed E-state index contributed by atoms with van der Waals surface area (Å²) in [6, 6.07) is 5.32. The van der Waals surface area contributed by atoms with Gasteiger partial charge in [-0.1, -0.05) is 11.6 Å². The fraction of sp³-hybridized carbons (Fsp3) is 0.333. The van der Waals surface area contributed by atoms with Crippen molar-refractivity contribution in [2.24, 2.45) is 5.84 Å². The molecule has 14 heavy (non-hydrogen) atoms. The highest BCUT2D eigenvalue weighted by atomic mass is 35.5. The summed E-state index contributed by atoms with van der Waals surface area (Å²) >= 11 is 5.93. The lowest BCUT2D eigenvalue weighted by molar-refractivity contribution is 0.242. The summed E-state index contributed by atoms with van der Waals surface area (Å²) in [7, 11) is 0. The summed E-state index contributed by atoms with van der Waals surface area (Å²) in [6.07, 6.45) is 0.120. The summed E-state index contributed by atoms with van der Waals surface area (Å²) in [5.74, 6) is 5.90. The van der Waals surface area contributed by atoms with Crippen LogP contribution in [0.5, 0.6) is 5.75 Å². The Kier molecular flexibility index (Phi) is 5.69. The Morgan fingerprint density at radius 3 is 2.50 bits per heavy atom. The Hall–Kier alpha value is -0.640. The Morgan fingerprint density at radius 2 is 2.07 bits per heavy atom. The van der Waals surface area contributed by atoms with Gasteiger partial charge in [0, 0.05) is 0 Å². The minimum Gasteiger partial charge on any atom is -0.489 e. The van der Waals surface area contributed by atoms with E-state index in [2.05, 4.69) is 5.43 Å². The van der Waals surface area contributed by atoms with E-state index in [9.17, 15) is 0 Å². The summed E-state index contributed by atoms with van der Waals surface area (Å²) in [6.45, 7) is 3.90. The molecule has 0 aliphatic rings. The Balaban J connectivity index is 0.00000169. The van der Waals surface area contributed by atoms with Crippen molar-refractivity contribution in [3.63, 3.8) is 0 Å². The highest BCUT2D eigenvalue weighted by molar-refractivity contribution is 6.32. The molecule has 3 nitrogen and oxygen atoms in total. The normalized spacial score (nSPS) is 9.50. The van der Waals surface area contributed by atoms with Crippen molar-refractivity contribution in [3.8, 4) is 5.75 Å². The molecule has 1 rings (SSSR count). The molecule has 3 N–H and O–H groups in total. The number of hydrazine groups is 1. The predicted molar refractivity (Wildman–Crippen MR) is 62.3 cm³/mol. The molecule has 0 amide bonds. The third-order valence-corrected chi connectivity index (χ3v) is 1.76. The molecule has 0 radical (unpaired) electrons. The molecule has 80 valence electrons. The first-order valence-corrected chi connectivity index (χ1v) is 4.44. The Morgan fingerprint density at radius 1 is 1.43 bits per heavy atom. The first-order chi connectivity index (χ1) is 6.13. The molecule has 0 saturated carbocycles. The van der Waals surface area contributed by atoms with Crippen LogP contribution in [-0.4, -0.2) is 6.10 Å². The number of nitrogens with two attached hydrogens (primary N) is 1. The molecule has 0 bridgehead atoms. The summed E-state index contributed by atoms with van der Waals surface area (Å²) in [5, 5.41) is 0.559. The summed E-state index contributed by atoms with van der Waals surface area (Å²) in [5.41, 5.74) is 3.27. The molecule has 5 heteroatoms. The van der Waals surface area contributed by atoms with E-state index in [0.717, 1.165) is 5.69 Å². The SMILES string of the molecule is CC(C)Oc1ccc(NN)cc1Cl.Cl. The number of hydrogen-bond acceptors (Lipinski definition) is 3. The van der Waals surface area contributed by atoms with Crippen molar-refractivity contribution in [1.82, 2.24) is 0 Å². The molecule has 0 heterocycles. The molecule has 0 unspecified atom stereocenters. The maximum absolute atomic E-state index is 5.93. The van der Waals surface area contributed by atoms with E-state index < -0.39 is 0 Å². The fourth-order valence-corrected chi connectivity index (χ4v) is 1.17. The van der Waals surface area contributed by atoms with E-state index in [1.165, 1.54) is 0 Å². The fourth-order valence-electron chi connectivity index (χ4n) is 0.940. The molecule has 1 aromatic rings. The number of nitrogen functional groups attached to an aromatic ring is 1. The van der Waals surface area contributed by atoms with Gasteiger partial charge >= 0.3 is 0 Å². The monoisotopic (exact) mass is 236 g/mol. The van der Waals surface area contributed by atoms with Crippen LogP contribution in [0.2, 0.25) is 5.02 Å². The van der Waals surface area contributed by atoms with Crippen LogP contribution in [0.1, 0.15) is 13.8 Å². The van der Waals surface area contributed by atoms with E-state index >= 15 is 0 Å². The van der Waals surface area contributed by atoms with Crippen molar-refractivity contribution in [2.45, 2.75) is 20.0 Å². The van der Waals surface area contributed by atoms with Crippen molar-refractivity contribution >= 4 is 29.7 Å². The molecule has 0 fully saturated rings. The van der Waals surface area contributed by atoms with Crippen molar-refractivity contribution in [1.29, 1.82) is 0 Å². The van der Waals surface area contributed by atoms with E-state index in [0.29, 0.717) is 10.8 Å². The van der Waals surface area contributed by atoms with E-state index in [-0.39, 0.29) is 18.5 Å². The second-order valence-corrected chi connectivity index (χ2v) is 3.36. The first-order valence-electron chi connectivity index (χ1n) is 4.06. The zero-order valence-corrected chi connectivity index (χ0v) is 9.65. The van der Waals surface area contributed by atoms with Crippen LogP contribution in [0.15, 0.2) is 18.2 Å². The van der Waals surface area contributed by atoms with Crippen LogP contribution < -0.4 is 16.0 Å². The van der Waals surface area contributed by atoms with Crippen LogP contribution >= 0.6 is 24.0 Å². The molecule has 0 aliphatic heterocycles. The Bertz CT molecular complexity index is 292. The molecular weight excluding hydrogens is 223 g/mol. The van der Waals surface area contributed by atoms with Gasteiger partial charge in [0.15, 0.2) is 0 Å². The van der Waals surface area contributed by atoms with Crippen LogP contribution in [0.25, 0.3) is 0 Å². The Labute approximate surface area is 95.0 Å². The van der Waals surface area contributed by atoms with Crippen molar-refractivity contribution in [3.05, 3.63) is 23.2 Å². The van der Waals surface area contributed by atoms with Gasteiger partial charge in [-0.2, -0.15) is 0 Å². The lowest BCUT2D eigenvalue weighted by atomic mass is 10.3. The van der Waals surface area contributed by atoms with Crippen molar-refractivity contribution in [2.75, 3.05) is 5.43 Å². The molecule has 1 aromatic carbocycles. The van der Waals surface area contributed by atoms with Gasteiger partial charge in [-0.15, -0.1) is 12.4 Å². The second-order valence-electron chi connectivity index (χ2n) is 2.96. The summed E-state index contributed by atoms with van der Waals surface area (Å²) in [4.78, 5) is 0. The average molecular weight is 237 g/mol. The minimum absolute atomic E-state index is 0. The lowest BCUT2D eigenvalue weighted by Crippen LogP contribution is -2.08. The lowest BCUT2D eigenvalue weighted by Gasteiger charge is -2.11. The molecule has 0 saturated heterocycles. The van der Waals surface area contributed by atoms with Crippen LogP contribution in [0.4, 0.5) is 5.69 Å². The minimum atomic E-state index is 0. The number of hydrogen-bond donors (Lipinski definition) is 2. The number of rotatable bonds is 3. The zero-order valence-electron chi connectivity index (χ0n) is 8.08. The quantitative estimate of drug-likeness (QED) is 0.627. The number of benzene rings is 1. The van der Waals surface area contributed by atoms with E-state index in [1.54, 1.807) is 12.1 Å². The standard InChI is InChI=1S/C9H13ClN2O.ClH/c1-6(2)13-9-4-3-7(12-11)5-8(9)10;/h3-6,12H,11H2,1-2H3;1H. The largest absolute Gasteiger partial charge is 0.489 e. The third kappa shape index (κ3) is 3.62. The van der Waals surface area contributed by atoms with Crippen LogP contribution in [0, 0.1) is 0 Å². The highest BCUT2D eigenvalue weighted by Crippen LogP contribution is 2.27. The van der Waals surface area contributed by atoms with Gasteiger partial charge in [-0.05, 0) is 32.0 Å². The molecule has 0 aliphatic carbocycles. The van der Waals surface area contributed by atoms with Gasteiger partial charge in [0.2, 0.25) is 0 Å². The van der Waals surface area contributed by atoms with E-state index in [1.807, 2.05) is 19.9 Å². The van der Waals surface area contributed by atoms with Crippen LogP contribution in [-0.2, 0) is 0 Å². The molecule has 0 spiro atoms. The number of nitrogens with one attached hydrogen (secondary N) is 1. The van der Waals surface area contributed by atoms with Gasteiger partial charge < -0.3 is 10.2 Å². The predicted octanol–water partition coefficient (Wildman–Crippen LogP) is 2.83. The van der Waals surface area contributed by atoms with Gasteiger partial charge in [-0.3, -0.25) is 5.84 Å². The summed E-state index contributed by atoms with van der Waals surface area (Å²) < 4.78 is 5.44. The highest BCUT2D eigenvalue weighted by Gasteiger charge is 2.03. The number of ether oxygens (including phenoxy) is 1. The van der Waals surface area contributed by atoms with Gasteiger partial charge in [0.25, 0.3) is 0 Å². The number of anilines is 1. The van der Waals surface area contributed by atoms with Crippen LogP contribution in [0.3, 0.4) is 0 Å². The smallest absolute Gasteiger partial charge is 0.138 e. The maximum Gasteiger partial charge on any atom is 0.138 e. The van der Waals surface area contributed by atoms with Gasteiger partial charge in [0.1, 0.15) is 5.75 Å². The molecule has 0 aromatic heterocycles. The average Bonchev–Trinajstić information content (AvgIpc) is 2.08. The molecule has 0 atom stereocenters. The third-order valence-electron chi connectivity index (χ3n) is 1.46. The first kappa shape index (κ1) is 13.4. The number of halogens is 2. The van der Waals surface area contributed by atoms with Gasteiger partial charge in [-0.25, -0.2) is 0 Å². The van der Waals surface area contributed by atoms with Gasteiger partial charge in [0.05, 0.1) is 16.8 Å².